The first-order valence-corrected chi connectivity index (χ1v) is 10.7. The van der Waals surface area contributed by atoms with Gasteiger partial charge in [-0.3, -0.25) is 14.6 Å². The summed E-state index contributed by atoms with van der Waals surface area (Å²) in [5, 5.41) is 15.4. The quantitative estimate of drug-likeness (QED) is 0.413. The molecule has 3 heterocycles. The Morgan fingerprint density at radius 2 is 2.03 bits per heavy atom. The summed E-state index contributed by atoms with van der Waals surface area (Å²) in [4.78, 5) is 26.9. The number of rotatable bonds is 8. The largest absolute Gasteiger partial charge is 0.497 e. The molecule has 0 aliphatic rings. The van der Waals surface area contributed by atoms with Crippen molar-refractivity contribution in [1.29, 1.82) is 0 Å². The lowest BCUT2D eigenvalue weighted by Gasteiger charge is -2.09. The highest BCUT2D eigenvalue weighted by molar-refractivity contribution is 7.99. The number of nitrogens with one attached hydrogen (secondary N) is 2. The zero-order valence-electron chi connectivity index (χ0n) is 16.6. The molecule has 1 amide bonds. The Bertz CT molecular complexity index is 1160. The third-order valence-corrected chi connectivity index (χ3v) is 5.80. The number of carbonyl (C=O) groups excluding carboxylic acids is 1. The first kappa shape index (κ1) is 20.9. The Morgan fingerprint density at radius 3 is 2.71 bits per heavy atom. The maximum atomic E-state index is 12.6. The van der Waals surface area contributed by atoms with Gasteiger partial charge in [-0.2, -0.15) is 10.2 Å². The van der Waals surface area contributed by atoms with E-state index in [1.54, 1.807) is 37.3 Å². The van der Waals surface area contributed by atoms with E-state index >= 15 is 0 Å². The van der Waals surface area contributed by atoms with Crippen LogP contribution in [0.3, 0.4) is 0 Å². The van der Waals surface area contributed by atoms with Crippen LogP contribution >= 0.6 is 23.5 Å². The molecule has 1 aromatic carbocycles. The fourth-order valence-corrected chi connectivity index (χ4v) is 4.06. The van der Waals surface area contributed by atoms with E-state index in [2.05, 4.69) is 35.6 Å². The van der Waals surface area contributed by atoms with E-state index in [-0.39, 0.29) is 12.3 Å². The Balaban J connectivity index is 1.56. The molecule has 2 N–H and O–H groups in total. The van der Waals surface area contributed by atoms with Gasteiger partial charge in [-0.05, 0) is 36.0 Å². The topological polar surface area (TPSA) is 124 Å². The van der Waals surface area contributed by atoms with Crippen molar-refractivity contribution in [3.8, 4) is 5.75 Å². The van der Waals surface area contributed by atoms with Crippen molar-refractivity contribution in [3.05, 3.63) is 54.7 Å². The van der Waals surface area contributed by atoms with Gasteiger partial charge in [0.05, 0.1) is 25.4 Å². The lowest BCUT2D eigenvalue weighted by molar-refractivity contribution is -0.115. The maximum Gasteiger partial charge on any atom is 0.231 e. The maximum absolute atomic E-state index is 12.6. The number of aromatic nitrogens is 7. The second-order valence-corrected chi connectivity index (χ2v) is 8.30. The number of carbonyl (C=O) groups is 1. The summed E-state index contributed by atoms with van der Waals surface area (Å²) in [5.74, 6) is 1.02. The number of aryl methyl sites for hydroxylation is 1. The van der Waals surface area contributed by atoms with Crippen molar-refractivity contribution < 1.29 is 9.53 Å². The number of hydrogen-bond donors (Lipinski definition) is 2. The van der Waals surface area contributed by atoms with Gasteiger partial charge in [0.15, 0.2) is 11.0 Å². The van der Waals surface area contributed by atoms with Crippen LogP contribution in [0.2, 0.25) is 0 Å². The average Bonchev–Trinajstić information content (AvgIpc) is 3.42. The Morgan fingerprint density at radius 1 is 1.19 bits per heavy atom. The van der Waals surface area contributed by atoms with Gasteiger partial charge in [-0.15, -0.1) is 0 Å². The number of amides is 1. The molecule has 0 bridgehead atoms. The van der Waals surface area contributed by atoms with Crippen LogP contribution in [0.4, 0.5) is 5.82 Å². The number of anilines is 1. The van der Waals surface area contributed by atoms with Gasteiger partial charge < -0.3 is 10.1 Å². The predicted octanol–water partition coefficient (Wildman–Crippen LogP) is 2.82. The zero-order valence-corrected chi connectivity index (χ0v) is 18.3. The highest BCUT2D eigenvalue weighted by Gasteiger charge is 2.16. The van der Waals surface area contributed by atoms with Crippen LogP contribution in [0.25, 0.3) is 0 Å². The van der Waals surface area contributed by atoms with Crippen molar-refractivity contribution in [2.75, 3.05) is 12.4 Å². The SMILES string of the molecule is COc1ccc(Sc2ncc(Sc3ncn[nH]3)nc2CC(=O)Nc2ccn(C)n2)cc1. The normalized spacial score (nSPS) is 10.8. The molecular weight excluding hydrogens is 436 g/mol. The van der Waals surface area contributed by atoms with E-state index in [4.69, 9.17) is 4.74 Å². The minimum atomic E-state index is -0.230. The van der Waals surface area contributed by atoms with E-state index in [0.717, 1.165) is 10.6 Å². The third-order valence-electron chi connectivity index (χ3n) is 3.96. The van der Waals surface area contributed by atoms with Crippen LogP contribution < -0.4 is 10.1 Å². The van der Waals surface area contributed by atoms with Gasteiger partial charge in [-0.25, -0.2) is 15.0 Å². The van der Waals surface area contributed by atoms with Crippen LogP contribution in [0, 0.1) is 0 Å². The molecule has 4 rings (SSSR count). The van der Waals surface area contributed by atoms with Gasteiger partial charge in [0.1, 0.15) is 22.1 Å². The molecule has 10 nitrogen and oxygen atoms in total. The minimum Gasteiger partial charge on any atom is -0.497 e. The number of nitrogens with zero attached hydrogens (tertiary/aromatic N) is 6. The molecular formula is C19H18N8O2S2. The molecule has 0 unspecified atom stereocenters. The van der Waals surface area contributed by atoms with E-state index in [9.17, 15) is 4.79 Å². The van der Waals surface area contributed by atoms with Gasteiger partial charge in [-0.1, -0.05) is 11.8 Å². The summed E-state index contributed by atoms with van der Waals surface area (Å²) >= 11 is 2.72. The van der Waals surface area contributed by atoms with Gasteiger partial charge in [0.25, 0.3) is 0 Å². The molecule has 0 fully saturated rings. The smallest absolute Gasteiger partial charge is 0.231 e. The van der Waals surface area contributed by atoms with E-state index in [1.165, 1.54) is 29.9 Å². The molecule has 0 radical (unpaired) electrons. The fourth-order valence-electron chi connectivity index (χ4n) is 2.57. The van der Waals surface area contributed by atoms with Crippen molar-refractivity contribution in [1.82, 2.24) is 34.9 Å². The molecule has 0 aliphatic heterocycles. The lowest BCUT2D eigenvalue weighted by Crippen LogP contribution is -2.17. The fraction of sp³-hybridized carbons (Fsp3) is 0.158. The first-order chi connectivity index (χ1) is 15.1. The van der Waals surface area contributed by atoms with Crippen molar-refractivity contribution in [3.63, 3.8) is 0 Å². The zero-order chi connectivity index (χ0) is 21.6. The third kappa shape index (κ3) is 5.61. The molecule has 0 aliphatic carbocycles. The first-order valence-electron chi connectivity index (χ1n) is 9.09. The number of benzene rings is 1. The number of aromatic amines is 1. The standard InChI is InChI=1S/C19H18N8O2S2/c1-27-8-7-15(26-27)24-16(28)9-14-18(30-13-5-3-12(29-2)4-6-13)20-10-17(23-14)31-19-21-11-22-25-19/h3-8,10-11H,9H2,1-2H3,(H,21,22,25)(H,24,26,28). The van der Waals surface area contributed by atoms with Crippen molar-refractivity contribution in [2.45, 2.75) is 26.5 Å². The summed E-state index contributed by atoms with van der Waals surface area (Å²) < 4.78 is 6.83. The number of ether oxygens (including phenoxy) is 1. The molecule has 0 saturated heterocycles. The predicted molar refractivity (Wildman–Crippen MR) is 115 cm³/mol. The highest BCUT2D eigenvalue weighted by Crippen LogP contribution is 2.31. The van der Waals surface area contributed by atoms with Gasteiger partial charge in [0, 0.05) is 24.2 Å². The molecule has 158 valence electrons. The molecule has 0 saturated carbocycles. The molecule has 3 aromatic heterocycles. The van der Waals surface area contributed by atoms with E-state index < -0.39 is 0 Å². The molecule has 0 atom stereocenters. The monoisotopic (exact) mass is 454 g/mol. The second-order valence-electron chi connectivity index (χ2n) is 6.23. The number of H-pyrrole nitrogens is 1. The van der Waals surface area contributed by atoms with Crippen LogP contribution in [0.1, 0.15) is 5.69 Å². The summed E-state index contributed by atoms with van der Waals surface area (Å²) in [6.45, 7) is 0. The van der Waals surface area contributed by atoms with Crippen LogP contribution in [-0.2, 0) is 18.3 Å². The Labute approximate surface area is 186 Å². The molecule has 31 heavy (non-hydrogen) atoms. The van der Waals surface area contributed by atoms with Crippen LogP contribution in [-0.4, -0.2) is 47.9 Å². The summed E-state index contributed by atoms with van der Waals surface area (Å²) in [7, 11) is 3.41. The van der Waals surface area contributed by atoms with Gasteiger partial charge in [0.2, 0.25) is 5.91 Å². The van der Waals surface area contributed by atoms with Crippen LogP contribution in [0.15, 0.2) is 69.2 Å². The lowest BCUT2D eigenvalue weighted by atomic mass is 10.3. The molecule has 4 aromatic rings. The average molecular weight is 455 g/mol. The van der Waals surface area contributed by atoms with Gasteiger partial charge >= 0.3 is 0 Å². The molecule has 12 heteroatoms. The molecule has 0 spiro atoms. The number of hydrogen-bond acceptors (Lipinski definition) is 9. The Kier molecular flexibility index (Phi) is 6.48. The van der Waals surface area contributed by atoms with Crippen molar-refractivity contribution >= 4 is 35.2 Å². The summed E-state index contributed by atoms with van der Waals surface area (Å²) in [5.41, 5.74) is 0.554. The highest BCUT2D eigenvalue weighted by atomic mass is 32.2. The summed E-state index contributed by atoms with van der Waals surface area (Å²) in [6.07, 6.45) is 4.88. The van der Waals surface area contributed by atoms with E-state index in [0.29, 0.717) is 26.7 Å². The Hall–Kier alpha value is -3.38. The number of methoxy groups -OCH3 is 1. The summed E-state index contributed by atoms with van der Waals surface area (Å²) in [6, 6.07) is 9.33. The van der Waals surface area contributed by atoms with Crippen LogP contribution in [0.5, 0.6) is 5.75 Å². The van der Waals surface area contributed by atoms with Crippen molar-refractivity contribution in [2.24, 2.45) is 7.05 Å². The minimum absolute atomic E-state index is 0.0485. The second kappa shape index (κ2) is 9.62. The van der Waals surface area contributed by atoms with E-state index in [1.807, 2.05) is 24.3 Å².